The second kappa shape index (κ2) is 4.06. The Morgan fingerprint density at radius 2 is 1.89 bits per heavy atom. The minimum Gasteiger partial charge on any atom is -0.331 e. The molecule has 0 amide bonds. The van der Waals surface area contributed by atoms with Gasteiger partial charge in [0.2, 0.25) is 0 Å². The molecule has 0 saturated carbocycles. The van der Waals surface area contributed by atoms with Crippen molar-refractivity contribution in [2.24, 2.45) is 0 Å². The van der Waals surface area contributed by atoms with Crippen molar-refractivity contribution in [3.63, 3.8) is 0 Å². The predicted molar refractivity (Wildman–Crippen MR) is 39.4 cm³/mol. The summed E-state index contributed by atoms with van der Waals surface area (Å²) < 4.78 is 0. The van der Waals surface area contributed by atoms with Crippen molar-refractivity contribution in [1.29, 1.82) is 0 Å². The molecule has 0 aliphatic heterocycles. The fourth-order valence-corrected chi connectivity index (χ4v) is 0.217. The van der Waals surface area contributed by atoms with E-state index in [0.717, 1.165) is 0 Å². The zero-order valence-corrected chi connectivity index (χ0v) is 7.70. The van der Waals surface area contributed by atoms with Crippen LogP contribution in [0.3, 0.4) is 0 Å². The molecule has 0 aromatic heterocycles. The van der Waals surface area contributed by atoms with Gasteiger partial charge < -0.3 is 5.92 Å². The zero-order chi connectivity index (χ0) is 5.98. The number of fused-ring (bicyclic) bond motifs is 1. The van der Waals surface area contributed by atoms with E-state index >= 15 is 0 Å². The van der Waals surface area contributed by atoms with Gasteiger partial charge >= 0.3 is 37.7 Å². The fourth-order valence-electron chi connectivity index (χ4n) is 0.217. The summed E-state index contributed by atoms with van der Waals surface area (Å²) in [5.41, 5.74) is 2.75. The van der Waals surface area contributed by atoms with Crippen molar-refractivity contribution >= 4 is 37.7 Å². The predicted octanol–water partition coefficient (Wildman–Crippen LogP) is 1.13. The van der Waals surface area contributed by atoms with E-state index in [4.69, 9.17) is 0 Å². The molecule has 40 valence electrons. The maximum atomic E-state index is 3.24. The smallest absolute Gasteiger partial charge is 0.331 e. The Balaban J connectivity index is 0.000000128. The number of hydrogen-bond acceptors (Lipinski definition) is 0. The van der Waals surface area contributed by atoms with E-state index in [1.54, 1.807) is 6.92 Å². The van der Waals surface area contributed by atoms with Crippen LogP contribution in [0.25, 0.3) is 0 Å². The summed E-state index contributed by atoms with van der Waals surface area (Å²) in [5, 5.41) is 0. The Labute approximate surface area is 86.0 Å². The van der Waals surface area contributed by atoms with Gasteiger partial charge in [0.15, 0.2) is 0 Å². The summed E-state index contributed by atoms with van der Waals surface area (Å²) in [6.07, 6.45) is 5.08. The van der Waals surface area contributed by atoms with Gasteiger partial charge in [-0.15, -0.1) is 0 Å². The van der Waals surface area contributed by atoms with Crippen molar-refractivity contribution in [3.05, 3.63) is 30.2 Å². The first-order valence-corrected chi connectivity index (χ1v) is 2.43. The molecule has 9 heavy (non-hydrogen) atoms. The Hall–Kier alpha value is 0.170. The van der Waals surface area contributed by atoms with Gasteiger partial charge in [0.25, 0.3) is 0 Å². The standard InChI is InChI=1S/C4H.C4H5.Ca/c1-3-2-4(1)3;1-3-4-2;/h1H;1H2,2H3;/q2*-1;+2. The Morgan fingerprint density at radius 1 is 1.67 bits per heavy atom. The van der Waals surface area contributed by atoms with Crippen LogP contribution in [0.2, 0.25) is 0 Å². The molecule has 1 heteroatoms. The third kappa shape index (κ3) is 3.70. The molecule has 0 fully saturated rings. The molecule has 0 aromatic rings. The fraction of sp³-hybridized carbons (Fsp3) is 0.125. The molecular formula is C8H6Ca. The van der Waals surface area contributed by atoms with E-state index in [-0.39, 0.29) is 37.7 Å². The topological polar surface area (TPSA) is 0 Å². The molecule has 0 aromatic carbocycles. The molecule has 0 N–H and O–H groups in total. The Bertz CT molecular complexity index is 183. The van der Waals surface area contributed by atoms with E-state index in [2.05, 4.69) is 30.9 Å². The van der Waals surface area contributed by atoms with Crippen LogP contribution in [0.5, 0.6) is 0 Å². The van der Waals surface area contributed by atoms with Gasteiger partial charge in [-0.1, -0.05) is 6.92 Å². The van der Waals surface area contributed by atoms with Gasteiger partial charge in [0.05, 0.1) is 0 Å². The van der Waals surface area contributed by atoms with Gasteiger partial charge in [-0.3, -0.25) is 5.92 Å². The first kappa shape index (κ1) is 9.17. The minimum atomic E-state index is 0. The Morgan fingerprint density at radius 3 is 1.89 bits per heavy atom. The third-order valence-electron chi connectivity index (χ3n) is 0.879. The van der Waals surface area contributed by atoms with E-state index in [1.807, 2.05) is 0 Å². The van der Waals surface area contributed by atoms with E-state index in [1.165, 1.54) is 11.1 Å². The van der Waals surface area contributed by atoms with Crippen LogP contribution < -0.4 is 0 Å². The van der Waals surface area contributed by atoms with Gasteiger partial charge in [-0.2, -0.15) is 30.2 Å². The summed E-state index contributed by atoms with van der Waals surface area (Å²) in [4.78, 5) is 0. The molecule has 0 nitrogen and oxygen atoms in total. The van der Waals surface area contributed by atoms with Crippen molar-refractivity contribution in [2.45, 2.75) is 6.92 Å². The molecule has 0 bridgehead atoms. The van der Waals surface area contributed by atoms with Crippen molar-refractivity contribution in [1.82, 2.24) is 0 Å². The van der Waals surface area contributed by atoms with Gasteiger partial charge in [0, 0.05) is 0 Å². The van der Waals surface area contributed by atoms with Crippen LogP contribution in [-0.4, -0.2) is 37.7 Å². The molecule has 2 rings (SSSR count). The van der Waals surface area contributed by atoms with Crippen LogP contribution in [0.15, 0.2) is 17.2 Å². The quantitative estimate of drug-likeness (QED) is 0.270. The van der Waals surface area contributed by atoms with Gasteiger partial charge in [-0.05, 0) is 0 Å². The average Bonchev–Trinajstić information content (AvgIpc) is 2.47. The molecule has 0 saturated heterocycles. The minimum absolute atomic E-state index is 0. The first-order valence-electron chi connectivity index (χ1n) is 2.43. The summed E-state index contributed by atoms with van der Waals surface area (Å²) in [7, 11) is 0. The number of hydrogen-bond donors (Lipinski definition) is 0. The third-order valence-corrected chi connectivity index (χ3v) is 0.879. The summed E-state index contributed by atoms with van der Waals surface area (Å²) >= 11 is 0. The maximum Gasteiger partial charge on any atom is 2.00 e. The molecule has 0 radical (unpaired) electrons. The molecule has 2 aliphatic rings. The second-order valence-electron chi connectivity index (χ2n) is 1.52. The zero-order valence-electron chi connectivity index (χ0n) is 5.49. The molecule has 0 spiro atoms. The van der Waals surface area contributed by atoms with Gasteiger partial charge in [-0.25, -0.2) is 0 Å². The summed E-state index contributed by atoms with van der Waals surface area (Å²) in [5.74, 6) is 5.00. The van der Waals surface area contributed by atoms with Crippen molar-refractivity contribution in [3.8, 4) is 11.8 Å². The maximum absolute atomic E-state index is 3.24. The molecule has 0 unspecified atom stereocenters. The SMILES string of the molecule is [C-]1=C2C=C12.[CH2-]C#CC.[Ca+2]. The first-order chi connectivity index (χ1) is 3.88. The van der Waals surface area contributed by atoms with Gasteiger partial charge in [0.1, 0.15) is 0 Å². The molecule has 2 aliphatic carbocycles. The number of rotatable bonds is 0. The summed E-state index contributed by atoms with van der Waals surface area (Å²) in [6.45, 7) is 5.00. The number of allylic oxidation sites excluding steroid dienone is 4. The van der Waals surface area contributed by atoms with E-state index in [0.29, 0.717) is 0 Å². The van der Waals surface area contributed by atoms with E-state index in [9.17, 15) is 0 Å². The van der Waals surface area contributed by atoms with Crippen LogP contribution in [-0.2, 0) is 0 Å². The van der Waals surface area contributed by atoms with E-state index < -0.39 is 0 Å². The largest absolute Gasteiger partial charge is 2.00 e. The summed E-state index contributed by atoms with van der Waals surface area (Å²) in [6, 6.07) is 0. The van der Waals surface area contributed by atoms with Crippen LogP contribution in [0, 0.1) is 24.8 Å². The van der Waals surface area contributed by atoms with Crippen molar-refractivity contribution < 1.29 is 0 Å². The second-order valence-corrected chi connectivity index (χ2v) is 1.52. The molecule has 0 atom stereocenters. The monoisotopic (exact) mass is 142 g/mol. The normalized spacial score (nSPS) is 13.0. The van der Waals surface area contributed by atoms with Crippen LogP contribution >= 0.6 is 0 Å². The molecule has 0 heterocycles. The van der Waals surface area contributed by atoms with Crippen LogP contribution in [0.1, 0.15) is 6.92 Å². The van der Waals surface area contributed by atoms with Crippen molar-refractivity contribution in [2.75, 3.05) is 0 Å². The van der Waals surface area contributed by atoms with Crippen LogP contribution in [0.4, 0.5) is 0 Å². The molecular weight excluding hydrogens is 136 g/mol. The average molecular weight is 142 g/mol. The Kier molecular flexibility index (Phi) is 4.14.